The number of aryl methyl sites for hydroxylation is 1. The van der Waals surface area contributed by atoms with Crippen molar-refractivity contribution in [2.24, 2.45) is 17.7 Å². The summed E-state index contributed by atoms with van der Waals surface area (Å²) in [6, 6.07) is 9.09. The monoisotopic (exact) mass is 260 g/mol. The highest BCUT2D eigenvalue weighted by Gasteiger charge is 2.26. The average Bonchev–Trinajstić information content (AvgIpc) is 2.47. The van der Waals surface area contributed by atoms with E-state index in [1.807, 2.05) is 0 Å². The van der Waals surface area contributed by atoms with Gasteiger partial charge in [-0.2, -0.15) is 0 Å². The molecule has 1 aliphatic rings. The highest BCUT2D eigenvalue weighted by molar-refractivity contribution is 5.26. The van der Waals surface area contributed by atoms with Crippen LogP contribution in [0.4, 0.5) is 0 Å². The molecule has 1 unspecified atom stereocenters. The Morgan fingerprint density at radius 1 is 1.21 bits per heavy atom. The molecule has 1 fully saturated rings. The third-order valence-corrected chi connectivity index (χ3v) is 4.95. The minimum atomic E-state index is 0.430. The van der Waals surface area contributed by atoms with E-state index in [4.69, 9.17) is 5.84 Å². The second-order valence-corrected chi connectivity index (χ2v) is 6.09. The summed E-state index contributed by atoms with van der Waals surface area (Å²) in [6.45, 7) is 4.51. The Hall–Kier alpha value is -0.860. The van der Waals surface area contributed by atoms with Crippen LogP contribution in [0.15, 0.2) is 24.3 Å². The zero-order chi connectivity index (χ0) is 13.7. The van der Waals surface area contributed by atoms with Crippen molar-refractivity contribution < 1.29 is 0 Å². The number of benzene rings is 1. The quantitative estimate of drug-likeness (QED) is 0.627. The molecule has 19 heavy (non-hydrogen) atoms. The molecule has 0 saturated heterocycles. The SMILES string of the molecule is CCC1CCC(C(Cc2ccccc2C)NN)CC1. The van der Waals surface area contributed by atoms with Crippen LogP contribution in [0.3, 0.4) is 0 Å². The lowest BCUT2D eigenvalue weighted by Gasteiger charge is -2.33. The van der Waals surface area contributed by atoms with E-state index in [1.165, 1.54) is 43.2 Å². The van der Waals surface area contributed by atoms with E-state index in [2.05, 4.69) is 43.5 Å². The average molecular weight is 260 g/mol. The summed E-state index contributed by atoms with van der Waals surface area (Å²) >= 11 is 0. The van der Waals surface area contributed by atoms with Crippen LogP contribution in [0.5, 0.6) is 0 Å². The molecular formula is C17H28N2. The standard InChI is InChI=1S/C17H28N2/c1-3-14-8-10-15(11-9-14)17(19-18)12-16-7-5-4-6-13(16)2/h4-7,14-15,17,19H,3,8-12,18H2,1-2H3. The van der Waals surface area contributed by atoms with Crippen molar-refractivity contribution in [3.63, 3.8) is 0 Å². The number of nitrogens with one attached hydrogen (secondary N) is 1. The Balaban J connectivity index is 1.95. The molecule has 0 aromatic heterocycles. The smallest absolute Gasteiger partial charge is 0.0279 e. The fourth-order valence-corrected chi connectivity index (χ4v) is 3.44. The lowest BCUT2D eigenvalue weighted by Crippen LogP contribution is -2.43. The third kappa shape index (κ3) is 3.80. The van der Waals surface area contributed by atoms with Crippen molar-refractivity contribution in [1.29, 1.82) is 0 Å². The molecule has 0 radical (unpaired) electrons. The molecule has 3 N–H and O–H groups in total. The zero-order valence-corrected chi connectivity index (χ0v) is 12.4. The van der Waals surface area contributed by atoms with Crippen LogP contribution in [0.25, 0.3) is 0 Å². The van der Waals surface area contributed by atoms with E-state index in [0.717, 1.165) is 18.3 Å². The van der Waals surface area contributed by atoms with Crippen LogP contribution in [0.2, 0.25) is 0 Å². The molecule has 2 nitrogen and oxygen atoms in total. The van der Waals surface area contributed by atoms with E-state index in [1.54, 1.807) is 0 Å². The predicted octanol–water partition coefficient (Wildman–Crippen LogP) is 3.59. The van der Waals surface area contributed by atoms with Crippen molar-refractivity contribution in [2.45, 2.75) is 58.4 Å². The molecule has 0 aliphatic heterocycles. The fraction of sp³-hybridized carbons (Fsp3) is 0.647. The summed E-state index contributed by atoms with van der Waals surface area (Å²) < 4.78 is 0. The van der Waals surface area contributed by atoms with Crippen LogP contribution in [-0.2, 0) is 6.42 Å². The number of nitrogens with two attached hydrogens (primary N) is 1. The van der Waals surface area contributed by atoms with Gasteiger partial charge in [0.1, 0.15) is 0 Å². The van der Waals surface area contributed by atoms with E-state index < -0.39 is 0 Å². The Labute approximate surface area is 117 Å². The lowest BCUT2D eigenvalue weighted by atomic mass is 9.76. The normalized spacial score (nSPS) is 25.2. The van der Waals surface area contributed by atoms with Gasteiger partial charge in [0.25, 0.3) is 0 Å². The van der Waals surface area contributed by atoms with Gasteiger partial charge in [0.2, 0.25) is 0 Å². The molecule has 2 rings (SSSR count). The minimum Gasteiger partial charge on any atom is -0.271 e. The Kier molecular flexibility index (Phi) is 5.41. The number of hydrogen-bond acceptors (Lipinski definition) is 2. The minimum absolute atomic E-state index is 0.430. The van der Waals surface area contributed by atoms with Gasteiger partial charge >= 0.3 is 0 Å². The first-order valence-corrected chi connectivity index (χ1v) is 7.75. The van der Waals surface area contributed by atoms with Crippen molar-refractivity contribution in [2.75, 3.05) is 0 Å². The van der Waals surface area contributed by atoms with E-state index >= 15 is 0 Å². The van der Waals surface area contributed by atoms with Gasteiger partial charge < -0.3 is 0 Å². The van der Waals surface area contributed by atoms with Crippen molar-refractivity contribution in [1.82, 2.24) is 5.43 Å². The van der Waals surface area contributed by atoms with Crippen LogP contribution in [-0.4, -0.2) is 6.04 Å². The largest absolute Gasteiger partial charge is 0.271 e. The zero-order valence-electron chi connectivity index (χ0n) is 12.4. The molecule has 1 aromatic rings. The van der Waals surface area contributed by atoms with Gasteiger partial charge in [-0.1, -0.05) is 50.5 Å². The van der Waals surface area contributed by atoms with Gasteiger partial charge in [0.05, 0.1) is 0 Å². The summed E-state index contributed by atoms with van der Waals surface area (Å²) in [6.07, 6.45) is 7.83. The third-order valence-electron chi connectivity index (χ3n) is 4.95. The molecule has 1 aliphatic carbocycles. The van der Waals surface area contributed by atoms with Crippen LogP contribution < -0.4 is 11.3 Å². The molecule has 1 saturated carbocycles. The highest BCUT2D eigenvalue weighted by atomic mass is 15.2. The summed E-state index contributed by atoms with van der Waals surface area (Å²) in [7, 11) is 0. The summed E-state index contributed by atoms with van der Waals surface area (Å²) in [5.74, 6) is 7.51. The van der Waals surface area contributed by atoms with Crippen molar-refractivity contribution >= 4 is 0 Å². The molecule has 2 heteroatoms. The Bertz CT molecular complexity index is 381. The Morgan fingerprint density at radius 2 is 1.89 bits per heavy atom. The van der Waals surface area contributed by atoms with Gasteiger partial charge in [-0.3, -0.25) is 11.3 Å². The van der Waals surface area contributed by atoms with Gasteiger partial charge in [-0.05, 0) is 49.1 Å². The molecule has 106 valence electrons. The number of hydrogen-bond donors (Lipinski definition) is 2. The number of hydrazine groups is 1. The summed E-state index contributed by atoms with van der Waals surface area (Å²) in [5, 5.41) is 0. The van der Waals surface area contributed by atoms with Crippen molar-refractivity contribution in [3.8, 4) is 0 Å². The molecular weight excluding hydrogens is 232 g/mol. The van der Waals surface area contributed by atoms with Crippen molar-refractivity contribution in [3.05, 3.63) is 35.4 Å². The van der Waals surface area contributed by atoms with Crippen LogP contribution in [0, 0.1) is 18.8 Å². The lowest BCUT2D eigenvalue weighted by molar-refractivity contribution is 0.217. The predicted molar refractivity (Wildman–Crippen MR) is 81.7 cm³/mol. The van der Waals surface area contributed by atoms with Gasteiger partial charge in [0, 0.05) is 6.04 Å². The first-order chi connectivity index (χ1) is 9.24. The van der Waals surface area contributed by atoms with Crippen LogP contribution in [0.1, 0.15) is 50.2 Å². The Morgan fingerprint density at radius 3 is 2.47 bits per heavy atom. The van der Waals surface area contributed by atoms with Gasteiger partial charge in [0.15, 0.2) is 0 Å². The molecule has 1 atom stereocenters. The fourth-order valence-electron chi connectivity index (χ4n) is 3.44. The molecule has 0 amide bonds. The molecule has 0 bridgehead atoms. The maximum atomic E-state index is 5.82. The molecule has 1 aromatic carbocycles. The maximum Gasteiger partial charge on any atom is 0.0279 e. The number of rotatable bonds is 5. The van der Waals surface area contributed by atoms with E-state index in [0.29, 0.717) is 6.04 Å². The van der Waals surface area contributed by atoms with E-state index in [9.17, 15) is 0 Å². The maximum absolute atomic E-state index is 5.82. The highest BCUT2D eigenvalue weighted by Crippen LogP contribution is 2.33. The topological polar surface area (TPSA) is 38.0 Å². The first-order valence-electron chi connectivity index (χ1n) is 7.75. The van der Waals surface area contributed by atoms with Gasteiger partial charge in [-0.25, -0.2) is 0 Å². The van der Waals surface area contributed by atoms with E-state index in [-0.39, 0.29) is 0 Å². The van der Waals surface area contributed by atoms with Gasteiger partial charge in [-0.15, -0.1) is 0 Å². The van der Waals surface area contributed by atoms with Crippen LogP contribution >= 0.6 is 0 Å². The molecule has 0 heterocycles. The second kappa shape index (κ2) is 7.06. The second-order valence-electron chi connectivity index (χ2n) is 6.09. The molecule has 0 spiro atoms. The summed E-state index contributed by atoms with van der Waals surface area (Å²) in [5.41, 5.74) is 5.89. The first kappa shape index (κ1) is 14.5. The summed E-state index contributed by atoms with van der Waals surface area (Å²) in [4.78, 5) is 0.